The number of aromatic nitrogens is 3. The van der Waals surface area contributed by atoms with Crippen molar-refractivity contribution in [1.29, 1.82) is 0 Å². The van der Waals surface area contributed by atoms with Crippen molar-refractivity contribution in [3.8, 4) is 0 Å². The molecule has 0 aliphatic carbocycles. The van der Waals surface area contributed by atoms with Gasteiger partial charge in [0, 0.05) is 30.6 Å². The summed E-state index contributed by atoms with van der Waals surface area (Å²) < 4.78 is 2.13. The molecule has 2 aromatic heterocycles. The molecule has 0 N–H and O–H groups in total. The molecule has 2 aromatic carbocycles. The van der Waals surface area contributed by atoms with E-state index in [1.165, 1.54) is 12.1 Å². The second-order valence-corrected chi connectivity index (χ2v) is 6.30. The van der Waals surface area contributed by atoms with Crippen molar-refractivity contribution in [2.75, 3.05) is 20.6 Å². The summed E-state index contributed by atoms with van der Waals surface area (Å²) in [5.74, 6) is 0. The fourth-order valence-corrected chi connectivity index (χ4v) is 3.07. The molecule has 0 amide bonds. The smallest absolute Gasteiger partial charge is 0.271 e. The number of hydrogen-bond acceptors (Lipinski definition) is 5. The zero-order valence-corrected chi connectivity index (χ0v) is 14.0. The van der Waals surface area contributed by atoms with Gasteiger partial charge < -0.3 is 9.47 Å². The number of rotatable bonds is 4. The standard InChI is InChI=1S/C18H17N5O2/c1-21(2)9-10-22-16-6-4-3-5-13(16)17-18(22)20-15-11-12(23(24)25)7-8-14(15)19-17/h3-8,11H,9-10H2,1-2H3. The highest BCUT2D eigenvalue weighted by atomic mass is 16.6. The minimum Gasteiger partial charge on any atom is -0.323 e. The number of nitrogens with zero attached hydrogens (tertiary/aromatic N) is 5. The second-order valence-electron chi connectivity index (χ2n) is 6.30. The van der Waals surface area contributed by atoms with E-state index in [1.807, 2.05) is 32.3 Å². The van der Waals surface area contributed by atoms with Crippen LogP contribution in [0.2, 0.25) is 0 Å². The maximum Gasteiger partial charge on any atom is 0.271 e. The van der Waals surface area contributed by atoms with Gasteiger partial charge in [-0.3, -0.25) is 10.1 Å². The van der Waals surface area contributed by atoms with Crippen LogP contribution in [0, 0.1) is 10.1 Å². The molecule has 0 fully saturated rings. The van der Waals surface area contributed by atoms with Crippen LogP contribution in [0.25, 0.3) is 33.1 Å². The van der Waals surface area contributed by atoms with Crippen molar-refractivity contribution in [3.05, 3.63) is 52.6 Å². The molecule has 0 unspecified atom stereocenters. The molecule has 7 nitrogen and oxygen atoms in total. The van der Waals surface area contributed by atoms with Gasteiger partial charge in [-0.2, -0.15) is 0 Å². The SMILES string of the molecule is CN(C)CCn1c2ccccc2c2nc3ccc([N+](=O)[O-])cc3nc21. The van der Waals surface area contributed by atoms with Gasteiger partial charge in [0.2, 0.25) is 0 Å². The van der Waals surface area contributed by atoms with Crippen molar-refractivity contribution >= 4 is 38.8 Å². The van der Waals surface area contributed by atoms with Crippen molar-refractivity contribution in [3.63, 3.8) is 0 Å². The molecule has 7 heteroatoms. The van der Waals surface area contributed by atoms with E-state index in [2.05, 4.69) is 15.5 Å². The summed E-state index contributed by atoms with van der Waals surface area (Å²) >= 11 is 0. The van der Waals surface area contributed by atoms with Crippen molar-refractivity contribution in [1.82, 2.24) is 19.4 Å². The minimum atomic E-state index is -0.410. The lowest BCUT2D eigenvalue weighted by molar-refractivity contribution is -0.384. The first-order chi connectivity index (χ1) is 12.0. The lowest BCUT2D eigenvalue weighted by Crippen LogP contribution is -2.18. The topological polar surface area (TPSA) is 77.1 Å². The fraction of sp³-hybridized carbons (Fsp3) is 0.222. The molecule has 126 valence electrons. The molecule has 0 aliphatic rings. The number of benzene rings is 2. The fourth-order valence-electron chi connectivity index (χ4n) is 3.07. The summed E-state index contributed by atoms with van der Waals surface area (Å²) in [7, 11) is 4.05. The summed E-state index contributed by atoms with van der Waals surface area (Å²) in [4.78, 5) is 22.2. The normalized spacial score (nSPS) is 11.8. The Morgan fingerprint density at radius 1 is 1.12 bits per heavy atom. The van der Waals surface area contributed by atoms with E-state index in [1.54, 1.807) is 6.07 Å². The first-order valence-electron chi connectivity index (χ1n) is 8.02. The number of nitro groups is 1. The summed E-state index contributed by atoms with van der Waals surface area (Å²) in [6, 6.07) is 12.7. The molecular formula is C18H17N5O2. The van der Waals surface area contributed by atoms with Gasteiger partial charge in [0.1, 0.15) is 5.52 Å². The van der Waals surface area contributed by atoms with Crippen molar-refractivity contribution in [2.45, 2.75) is 6.54 Å². The Morgan fingerprint density at radius 2 is 1.92 bits per heavy atom. The molecule has 2 heterocycles. The second kappa shape index (κ2) is 5.78. The van der Waals surface area contributed by atoms with E-state index in [9.17, 15) is 10.1 Å². The van der Waals surface area contributed by atoms with Gasteiger partial charge in [-0.25, -0.2) is 9.97 Å². The first-order valence-corrected chi connectivity index (χ1v) is 8.02. The quantitative estimate of drug-likeness (QED) is 0.423. The predicted octanol–water partition coefficient (Wildman–Crippen LogP) is 3.21. The van der Waals surface area contributed by atoms with Crippen LogP contribution in [0.5, 0.6) is 0 Å². The molecular weight excluding hydrogens is 318 g/mol. The number of nitro benzene ring substituents is 1. The minimum absolute atomic E-state index is 0.0251. The third-order valence-corrected chi connectivity index (χ3v) is 4.32. The Morgan fingerprint density at radius 3 is 2.68 bits per heavy atom. The van der Waals surface area contributed by atoms with Gasteiger partial charge in [0.05, 0.1) is 21.5 Å². The van der Waals surface area contributed by atoms with Crippen molar-refractivity contribution < 1.29 is 4.92 Å². The molecule has 0 saturated heterocycles. The number of likely N-dealkylation sites (N-methyl/N-ethyl adjacent to an activating group) is 1. The molecule has 0 spiro atoms. The van der Waals surface area contributed by atoms with E-state index < -0.39 is 4.92 Å². The lowest BCUT2D eigenvalue weighted by atomic mass is 10.2. The molecule has 0 bridgehead atoms. The van der Waals surface area contributed by atoms with Gasteiger partial charge in [-0.15, -0.1) is 0 Å². The van der Waals surface area contributed by atoms with Gasteiger partial charge in [0.15, 0.2) is 5.65 Å². The average Bonchev–Trinajstić information content (AvgIpc) is 2.90. The zero-order chi connectivity index (χ0) is 17.6. The van der Waals surface area contributed by atoms with E-state index in [-0.39, 0.29) is 5.69 Å². The molecule has 4 rings (SSSR count). The zero-order valence-electron chi connectivity index (χ0n) is 14.0. The highest BCUT2D eigenvalue weighted by Crippen LogP contribution is 2.29. The Hall–Kier alpha value is -3.06. The molecule has 0 aliphatic heterocycles. The van der Waals surface area contributed by atoms with Crippen LogP contribution in [-0.4, -0.2) is 45.0 Å². The molecule has 0 radical (unpaired) electrons. The van der Waals surface area contributed by atoms with E-state index in [4.69, 9.17) is 9.97 Å². The van der Waals surface area contributed by atoms with Crippen LogP contribution in [0.1, 0.15) is 0 Å². The third-order valence-electron chi connectivity index (χ3n) is 4.32. The average molecular weight is 335 g/mol. The summed E-state index contributed by atoms with van der Waals surface area (Å²) in [5, 5.41) is 12.1. The Bertz CT molecular complexity index is 1120. The van der Waals surface area contributed by atoms with Crippen LogP contribution >= 0.6 is 0 Å². The van der Waals surface area contributed by atoms with Crippen LogP contribution in [0.3, 0.4) is 0 Å². The van der Waals surface area contributed by atoms with Crippen LogP contribution < -0.4 is 0 Å². The van der Waals surface area contributed by atoms with E-state index in [0.717, 1.165) is 35.2 Å². The van der Waals surface area contributed by atoms with Gasteiger partial charge in [-0.05, 0) is 26.2 Å². The largest absolute Gasteiger partial charge is 0.323 e. The molecule has 4 aromatic rings. The maximum absolute atomic E-state index is 11.0. The van der Waals surface area contributed by atoms with Gasteiger partial charge >= 0.3 is 0 Å². The Balaban J connectivity index is 2.03. The summed E-state index contributed by atoms with van der Waals surface area (Å²) in [6.45, 7) is 1.63. The Kier molecular flexibility index (Phi) is 3.58. The maximum atomic E-state index is 11.0. The highest BCUT2D eigenvalue weighted by Gasteiger charge is 2.15. The van der Waals surface area contributed by atoms with Crippen LogP contribution in [0.15, 0.2) is 42.5 Å². The predicted molar refractivity (Wildman–Crippen MR) is 97.7 cm³/mol. The third kappa shape index (κ3) is 2.58. The molecule has 0 atom stereocenters. The number of para-hydroxylation sites is 1. The van der Waals surface area contributed by atoms with Crippen LogP contribution in [-0.2, 0) is 6.54 Å². The molecule has 25 heavy (non-hydrogen) atoms. The monoisotopic (exact) mass is 335 g/mol. The lowest BCUT2D eigenvalue weighted by Gasteiger charge is -2.12. The Labute approximate surface area is 143 Å². The summed E-state index contributed by atoms with van der Waals surface area (Å²) in [5.41, 5.74) is 3.89. The van der Waals surface area contributed by atoms with E-state index in [0.29, 0.717) is 11.0 Å². The first kappa shape index (κ1) is 15.5. The van der Waals surface area contributed by atoms with E-state index >= 15 is 0 Å². The number of hydrogen-bond donors (Lipinski definition) is 0. The van der Waals surface area contributed by atoms with Gasteiger partial charge in [0.25, 0.3) is 5.69 Å². The molecule has 0 saturated carbocycles. The van der Waals surface area contributed by atoms with Crippen molar-refractivity contribution in [2.24, 2.45) is 0 Å². The highest BCUT2D eigenvalue weighted by molar-refractivity contribution is 6.06. The van der Waals surface area contributed by atoms with Gasteiger partial charge in [-0.1, -0.05) is 18.2 Å². The number of fused-ring (bicyclic) bond motifs is 4. The summed E-state index contributed by atoms with van der Waals surface area (Å²) in [6.07, 6.45) is 0. The van der Waals surface area contributed by atoms with Crippen LogP contribution in [0.4, 0.5) is 5.69 Å². The number of non-ortho nitro benzene ring substituents is 1.